The highest BCUT2D eigenvalue weighted by atomic mass is 16.5. The number of hydrogen-bond donors (Lipinski definition) is 1. The molecular weight excluding hydrogens is 290 g/mol. The van der Waals surface area contributed by atoms with E-state index in [-0.39, 0.29) is 5.91 Å². The van der Waals surface area contributed by atoms with E-state index in [2.05, 4.69) is 10.4 Å². The summed E-state index contributed by atoms with van der Waals surface area (Å²) in [7, 11) is 1.65. The summed E-state index contributed by atoms with van der Waals surface area (Å²) in [4.78, 5) is 12.5. The Morgan fingerprint density at radius 2 is 2.13 bits per heavy atom. The van der Waals surface area contributed by atoms with Crippen LogP contribution >= 0.6 is 0 Å². The topological polar surface area (TPSA) is 56.1 Å². The fourth-order valence-corrected chi connectivity index (χ4v) is 3.19. The van der Waals surface area contributed by atoms with Gasteiger partial charge in [-0.15, -0.1) is 0 Å². The molecule has 0 aliphatic heterocycles. The summed E-state index contributed by atoms with van der Waals surface area (Å²) in [6.07, 6.45) is 7.78. The first-order valence-electron chi connectivity index (χ1n) is 8.20. The Labute approximate surface area is 136 Å². The molecule has 5 heteroatoms. The van der Waals surface area contributed by atoms with E-state index < -0.39 is 0 Å². The number of aromatic nitrogens is 2. The van der Waals surface area contributed by atoms with Gasteiger partial charge in [0.15, 0.2) is 0 Å². The maximum absolute atomic E-state index is 12.5. The Kier molecular flexibility index (Phi) is 5.08. The molecule has 0 radical (unpaired) electrons. The van der Waals surface area contributed by atoms with Gasteiger partial charge in [0, 0.05) is 18.7 Å². The van der Waals surface area contributed by atoms with Gasteiger partial charge in [-0.25, -0.2) is 4.68 Å². The van der Waals surface area contributed by atoms with E-state index in [9.17, 15) is 4.79 Å². The van der Waals surface area contributed by atoms with Crippen molar-refractivity contribution in [3.8, 4) is 0 Å². The molecule has 2 aromatic rings. The molecule has 1 aromatic heterocycles. The molecule has 0 bridgehead atoms. The van der Waals surface area contributed by atoms with Crippen LogP contribution in [0.5, 0.6) is 0 Å². The highest BCUT2D eigenvalue weighted by Crippen LogP contribution is 2.30. The number of benzene rings is 1. The number of methoxy groups -OCH3 is 1. The van der Waals surface area contributed by atoms with Gasteiger partial charge in [-0.2, -0.15) is 5.10 Å². The first-order chi connectivity index (χ1) is 11.3. The summed E-state index contributed by atoms with van der Waals surface area (Å²) in [6.45, 7) is 0.501. The molecule has 1 N–H and O–H groups in total. The highest BCUT2D eigenvalue weighted by molar-refractivity contribution is 6.03. The van der Waals surface area contributed by atoms with Gasteiger partial charge in [0.1, 0.15) is 5.82 Å². The lowest BCUT2D eigenvalue weighted by atomic mass is 9.96. The van der Waals surface area contributed by atoms with E-state index >= 15 is 0 Å². The first-order valence-corrected chi connectivity index (χ1v) is 8.20. The predicted octanol–water partition coefficient (Wildman–Crippen LogP) is 3.79. The van der Waals surface area contributed by atoms with Crippen LogP contribution in [0.25, 0.3) is 0 Å². The van der Waals surface area contributed by atoms with Crippen molar-refractivity contribution in [2.45, 2.75) is 44.8 Å². The van der Waals surface area contributed by atoms with Crippen LogP contribution in [0.1, 0.15) is 54.1 Å². The summed E-state index contributed by atoms with van der Waals surface area (Å²) < 4.78 is 7.09. The third kappa shape index (κ3) is 3.79. The predicted molar refractivity (Wildman–Crippen MR) is 89.5 cm³/mol. The van der Waals surface area contributed by atoms with Crippen molar-refractivity contribution in [2.24, 2.45) is 0 Å². The zero-order valence-corrected chi connectivity index (χ0v) is 13.5. The van der Waals surface area contributed by atoms with Crippen LogP contribution in [0.3, 0.4) is 0 Å². The Bertz CT molecular complexity index is 660. The third-order valence-electron chi connectivity index (χ3n) is 4.33. The summed E-state index contributed by atoms with van der Waals surface area (Å²) in [6, 6.07) is 9.77. The van der Waals surface area contributed by atoms with Crippen LogP contribution in [0.2, 0.25) is 0 Å². The maximum Gasteiger partial charge on any atom is 0.256 e. The molecule has 3 rings (SSSR count). The molecule has 0 spiro atoms. The van der Waals surface area contributed by atoms with Crippen molar-refractivity contribution in [1.82, 2.24) is 9.78 Å². The zero-order chi connectivity index (χ0) is 16.1. The largest absolute Gasteiger partial charge is 0.380 e. The monoisotopic (exact) mass is 313 g/mol. The van der Waals surface area contributed by atoms with Crippen molar-refractivity contribution < 1.29 is 9.53 Å². The molecule has 1 heterocycles. The lowest BCUT2D eigenvalue weighted by Crippen LogP contribution is -2.20. The molecule has 0 saturated heterocycles. The minimum Gasteiger partial charge on any atom is -0.380 e. The molecule has 1 saturated carbocycles. The number of ether oxygens (including phenoxy) is 1. The number of amides is 1. The van der Waals surface area contributed by atoms with Crippen molar-refractivity contribution in [3.05, 3.63) is 47.7 Å². The van der Waals surface area contributed by atoms with Crippen LogP contribution in [0.4, 0.5) is 5.82 Å². The Morgan fingerprint density at radius 3 is 2.91 bits per heavy atom. The fourth-order valence-electron chi connectivity index (χ4n) is 3.19. The average molecular weight is 313 g/mol. The van der Waals surface area contributed by atoms with Gasteiger partial charge in [0.25, 0.3) is 5.91 Å². The van der Waals surface area contributed by atoms with Gasteiger partial charge >= 0.3 is 0 Å². The van der Waals surface area contributed by atoms with Crippen LogP contribution in [-0.4, -0.2) is 22.8 Å². The number of rotatable bonds is 5. The van der Waals surface area contributed by atoms with Gasteiger partial charge < -0.3 is 10.1 Å². The van der Waals surface area contributed by atoms with Gasteiger partial charge in [-0.3, -0.25) is 4.79 Å². The van der Waals surface area contributed by atoms with E-state index in [4.69, 9.17) is 4.74 Å². The molecule has 1 aliphatic rings. The maximum atomic E-state index is 12.5. The van der Waals surface area contributed by atoms with Crippen molar-refractivity contribution in [3.63, 3.8) is 0 Å². The lowest BCUT2D eigenvalue weighted by molar-refractivity contribution is 0.102. The molecule has 5 nitrogen and oxygen atoms in total. The second kappa shape index (κ2) is 7.42. The van der Waals surface area contributed by atoms with Crippen molar-refractivity contribution in [2.75, 3.05) is 12.4 Å². The molecular formula is C18H23N3O2. The van der Waals surface area contributed by atoms with E-state index in [1.807, 2.05) is 35.0 Å². The summed E-state index contributed by atoms with van der Waals surface area (Å²) >= 11 is 0. The lowest BCUT2D eigenvalue weighted by Gasteiger charge is -2.23. The number of carbonyl (C=O) groups excluding carboxylic acids is 1. The molecule has 122 valence electrons. The number of nitrogens with one attached hydrogen (secondary N) is 1. The average Bonchev–Trinajstić information content (AvgIpc) is 3.04. The minimum absolute atomic E-state index is 0.111. The molecule has 1 fully saturated rings. The molecule has 23 heavy (non-hydrogen) atoms. The number of nitrogens with zero attached hydrogens (tertiary/aromatic N) is 2. The summed E-state index contributed by atoms with van der Waals surface area (Å²) in [5.41, 5.74) is 1.62. The molecule has 0 unspecified atom stereocenters. The van der Waals surface area contributed by atoms with Gasteiger partial charge in [0.2, 0.25) is 0 Å². The Balaban J connectivity index is 1.73. The zero-order valence-electron chi connectivity index (χ0n) is 13.5. The quantitative estimate of drug-likeness (QED) is 0.913. The molecule has 1 aromatic carbocycles. The molecule has 0 atom stereocenters. The standard InChI is InChI=1S/C18H23N3O2/c1-23-13-14-6-5-7-15(12-14)18(22)20-17-10-11-19-21(17)16-8-3-2-4-9-16/h5-7,10-12,16H,2-4,8-9,13H2,1H3,(H,20,22). The number of carbonyl (C=O) groups is 1. The van der Waals surface area contributed by atoms with E-state index in [1.165, 1.54) is 19.3 Å². The second-order valence-corrected chi connectivity index (χ2v) is 6.04. The normalized spacial score (nSPS) is 15.5. The molecule has 1 amide bonds. The van der Waals surface area contributed by atoms with E-state index in [0.29, 0.717) is 18.2 Å². The molecule has 1 aliphatic carbocycles. The first kappa shape index (κ1) is 15.7. The number of hydrogen-bond acceptors (Lipinski definition) is 3. The number of anilines is 1. The van der Waals surface area contributed by atoms with Gasteiger partial charge in [-0.1, -0.05) is 31.4 Å². The minimum atomic E-state index is -0.111. The Hall–Kier alpha value is -2.14. The van der Waals surface area contributed by atoms with Gasteiger partial charge in [0.05, 0.1) is 18.8 Å². The smallest absolute Gasteiger partial charge is 0.256 e. The third-order valence-corrected chi connectivity index (χ3v) is 4.33. The van der Waals surface area contributed by atoms with Crippen LogP contribution in [0.15, 0.2) is 36.5 Å². The van der Waals surface area contributed by atoms with Crippen molar-refractivity contribution in [1.29, 1.82) is 0 Å². The van der Waals surface area contributed by atoms with Crippen LogP contribution in [0, 0.1) is 0 Å². The Morgan fingerprint density at radius 1 is 1.30 bits per heavy atom. The summed E-state index contributed by atoms with van der Waals surface area (Å²) in [5, 5.41) is 7.41. The van der Waals surface area contributed by atoms with Crippen LogP contribution in [-0.2, 0) is 11.3 Å². The second-order valence-electron chi connectivity index (χ2n) is 6.04. The summed E-state index contributed by atoms with van der Waals surface area (Å²) in [5.74, 6) is 0.666. The van der Waals surface area contributed by atoms with E-state index in [1.54, 1.807) is 13.3 Å². The van der Waals surface area contributed by atoms with E-state index in [0.717, 1.165) is 24.2 Å². The fraction of sp³-hybridized carbons (Fsp3) is 0.444. The SMILES string of the molecule is COCc1cccc(C(=O)Nc2ccnn2C2CCCCC2)c1. The van der Waals surface area contributed by atoms with Crippen molar-refractivity contribution >= 4 is 11.7 Å². The highest BCUT2D eigenvalue weighted by Gasteiger charge is 2.19. The van der Waals surface area contributed by atoms with Gasteiger partial charge in [-0.05, 0) is 30.5 Å². The van der Waals surface area contributed by atoms with Crippen LogP contribution < -0.4 is 5.32 Å².